The molecule has 0 aliphatic heterocycles. The van der Waals surface area contributed by atoms with Gasteiger partial charge in [0.05, 0.1) is 7.11 Å². The van der Waals surface area contributed by atoms with E-state index >= 15 is 0 Å². The summed E-state index contributed by atoms with van der Waals surface area (Å²) in [7, 11) is 1.69. The first-order valence-electron chi connectivity index (χ1n) is 5.38. The molecule has 82 valence electrons. The van der Waals surface area contributed by atoms with Gasteiger partial charge < -0.3 is 4.74 Å². The van der Waals surface area contributed by atoms with Gasteiger partial charge in [0.2, 0.25) is 0 Å². The molecule has 2 rings (SSSR count). The lowest BCUT2D eigenvalue weighted by atomic mass is 10.0. The van der Waals surface area contributed by atoms with Crippen molar-refractivity contribution in [2.75, 3.05) is 7.11 Å². The highest BCUT2D eigenvalue weighted by atomic mass is 16.5. The third kappa shape index (κ3) is 1.56. The minimum Gasteiger partial charge on any atom is -0.495 e. The number of ether oxygens (including phenoxy) is 1. The number of aryl methyl sites for hydroxylation is 1. The van der Waals surface area contributed by atoms with Crippen molar-refractivity contribution in [2.24, 2.45) is 0 Å². The zero-order chi connectivity index (χ0) is 11.5. The molecule has 0 atom stereocenters. The van der Waals surface area contributed by atoms with Crippen molar-refractivity contribution in [3.8, 4) is 5.75 Å². The van der Waals surface area contributed by atoms with Gasteiger partial charge in [-0.1, -0.05) is 31.7 Å². The molecular formula is C14H15NO. The van der Waals surface area contributed by atoms with E-state index in [9.17, 15) is 0 Å². The summed E-state index contributed by atoms with van der Waals surface area (Å²) in [6.45, 7) is 5.90. The molecule has 1 aromatic heterocycles. The van der Waals surface area contributed by atoms with Crippen LogP contribution in [0.4, 0.5) is 0 Å². The lowest BCUT2D eigenvalue weighted by Crippen LogP contribution is -1.93. The molecule has 0 saturated heterocycles. The van der Waals surface area contributed by atoms with Gasteiger partial charge in [-0.2, -0.15) is 0 Å². The Kier molecular flexibility index (Phi) is 2.91. The minimum absolute atomic E-state index is 0.879. The molecule has 0 fully saturated rings. The zero-order valence-corrected chi connectivity index (χ0v) is 9.66. The Hall–Kier alpha value is -1.83. The van der Waals surface area contributed by atoms with E-state index in [0.29, 0.717) is 0 Å². The SMILES string of the molecule is C=Cc1ccc2c(CC)nccc2c1OC. The normalized spacial score (nSPS) is 10.4. The second-order valence-electron chi connectivity index (χ2n) is 3.60. The van der Waals surface area contributed by atoms with Crippen LogP contribution in [0.1, 0.15) is 18.2 Å². The highest BCUT2D eigenvalue weighted by Crippen LogP contribution is 2.31. The Morgan fingerprint density at radius 2 is 2.12 bits per heavy atom. The van der Waals surface area contributed by atoms with Crippen LogP contribution in [-0.2, 0) is 6.42 Å². The van der Waals surface area contributed by atoms with Gasteiger partial charge in [-0.25, -0.2) is 0 Å². The number of fused-ring (bicyclic) bond motifs is 1. The summed E-state index contributed by atoms with van der Waals surface area (Å²) in [6.07, 6.45) is 4.56. The van der Waals surface area contributed by atoms with Crippen LogP contribution in [0, 0.1) is 0 Å². The summed E-state index contributed by atoms with van der Waals surface area (Å²) in [5.41, 5.74) is 2.12. The Bertz CT molecular complexity index is 531. The van der Waals surface area contributed by atoms with Crippen LogP contribution in [0.2, 0.25) is 0 Å². The van der Waals surface area contributed by atoms with E-state index < -0.39 is 0 Å². The van der Waals surface area contributed by atoms with E-state index in [1.807, 2.05) is 24.4 Å². The fourth-order valence-electron chi connectivity index (χ4n) is 1.98. The summed E-state index contributed by atoms with van der Waals surface area (Å²) < 4.78 is 5.45. The maximum atomic E-state index is 5.45. The van der Waals surface area contributed by atoms with Crippen molar-refractivity contribution in [1.82, 2.24) is 4.98 Å². The van der Waals surface area contributed by atoms with Gasteiger partial charge >= 0.3 is 0 Å². The summed E-state index contributed by atoms with van der Waals surface area (Å²) in [5.74, 6) is 0.879. The molecule has 2 aromatic rings. The van der Waals surface area contributed by atoms with E-state index in [1.54, 1.807) is 7.11 Å². The Labute approximate surface area is 95.6 Å². The first kappa shape index (κ1) is 10.7. The van der Waals surface area contributed by atoms with Crippen molar-refractivity contribution < 1.29 is 4.74 Å². The predicted octanol–water partition coefficient (Wildman–Crippen LogP) is 3.45. The maximum Gasteiger partial charge on any atom is 0.133 e. The van der Waals surface area contributed by atoms with Gasteiger partial charge in [0.1, 0.15) is 5.75 Å². The van der Waals surface area contributed by atoms with Crippen LogP contribution in [0.25, 0.3) is 16.8 Å². The highest BCUT2D eigenvalue weighted by molar-refractivity contribution is 5.93. The average Bonchev–Trinajstić information content (AvgIpc) is 2.36. The quantitative estimate of drug-likeness (QED) is 0.779. The molecule has 0 amide bonds. The standard InChI is InChI=1S/C14H15NO/c1-4-10-6-7-11-12(14(10)16-3)8-9-15-13(11)5-2/h4,6-9H,1,5H2,2-3H3. The zero-order valence-electron chi connectivity index (χ0n) is 9.66. The van der Waals surface area contributed by atoms with E-state index in [0.717, 1.165) is 34.2 Å². The smallest absolute Gasteiger partial charge is 0.133 e. The molecule has 0 N–H and O–H groups in total. The van der Waals surface area contributed by atoms with Crippen LogP contribution in [-0.4, -0.2) is 12.1 Å². The van der Waals surface area contributed by atoms with Crippen LogP contribution in [0.15, 0.2) is 31.0 Å². The second-order valence-corrected chi connectivity index (χ2v) is 3.60. The summed E-state index contributed by atoms with van der Waals surface area (Å²) >= 11 is 0. The van der Waals surface area contributed by atoms with Gasteiger partial charge in [-0.3, -0.25) is 4.98 Å². The fraction of sp³-hybridized carbons (Fsp3) is 0.214. The van der Waals surface area contributed by atoms with Crippen molar-refractivity contribution in [1.29, 1.82) is 0 Å². The van der Waals surface area contributed by atoms with Crippen molar-refractivity contribution in [3.63, 3.8) is 0 Å². The molecule has 0 spiro atoms. The lowest BCUT2D eigenvalue weighted by Gasteiger charge is -2.10. The third-order valence-corrected chi connectivity index (χ3v) is 2.77. The number of nitrogens with zero attached hydrogens (tertiary/aromatic N) is 1. The van der Waals surface area contributed by atoms with E-state index in [-0.39, 0.29) is 0 Å². The molecule has 0 aliphatic carbocycles. The average molecular weight is 213 g/mol. The van der Waals surface area contributed by atoms with Gasteiger partial charge in [-0.15, -0.1) is 0 Å². The first-order valence-corrected chi connectivity index (χ1v) is 5.38. The molecule has 2 nitrogen and oxygen atoms in total. The molecule has 0 bridgehead atoms. The minimum atomic E-state index is 0.879. The lowest BCUT2D eigenvalue weighted by molar-refractivity contribution is 0.419. The number of rotatable bonds is 3. The van der Waals surface area contributed by atoms with Crippen molar-refractivity contribution >= 4 is 16.8 Å². The van der Waals surface area contributed by atoms with Crippen LogP contribution in [0.3, 0.4) is 0 Å². The highest BCUT2D eigenvalue weighted by Gasteiger charge is 2.08. The number of aromatic nitrogens is 1. The molecule has 0 unspecified atom stereocenters. The Balaban J connectivity index is 2.83. The predicted molar refractivity (Wildman–Crippen MR) is 67.8 cm³/mol. The number of benzene rings is 1. The summed E-state index contributed by atoms with van der Waals surface area (Å²) in [5, 5.41) is 2.26. The molecule has 2 heteroatoms. The number of hydrogen-bond acceptors (Lipinski definition) is 2. The van der Waals surface area contributed by atoms with Gasteiger partial charge in [0.15, 0.2) is 0 Å². The van der Waals surface area contributed by atoms with Crippen LogP contribution >= 0.6 is 0 Å². The van der Waals surface area contributed by atoms with Crippen molar-refractivity contribution in [3.05, 3.63) is 42.2 Å². The summed E-state index contributed by atoms with van der Waals surface area (Å²) in [6, 6.07) is 6.09. The van der Waals surface area contributed by atoms with E-state index in [1.165, 1.54) is 0 Å². The van der Waals surface area contributed by atoms with Gasteiger partial charge in [0, 0.05) is 28.2 Å². The second kappa shape index (κ2) is 4.35. The largest absolute Gasteiger partial charge is 0.495 e. The molecule has 1 heterocycles. The third-order valence-electron chi connectivity index (χ3n) is 2.77. The number of pyridine rings is 1. The number of hydrogen-bond donors (Lipinski definition) is 0. The molecule has 16 heavy (non-hydrogen) atoms. The topological polar surface area (TPSA) is 22.1 Å². The van der Waals surface area contributed by atoms with E-state index in [2.05, 4.69) is 24.6 Å². The molecular weight excluding hydrogens is 198 g/mol. The van der Waals surface area contributed by atoms with Gasteiger partial charge in [0.25, 0.3) is 0 Å². The van der Waals surface area contributed by atoms with Crippen LogP contribution in [0.5, 0.6) is 5.75 Å². The monoisotopic (exact) mass is 213 g/mol. The maximum absolute atomic E-state index is 5.45. The fourth-order valence-corrected chi connectivity index (χ4v) is 1.98. The van der Waals surface area contributed by atoms with E-state index in [4.69, 9.17) is 4.74 Å². The molecule has 1 aromatic carbocycles. The van der Waals surface area contributed by atoms with Crippen molar-refractivity contribution in [2.45, 2.75) is 13.3 Å². The Morgan fingerprint density at radius 1 is 1.31 bits per heavy atom. The Morgan fingerprint density at radius 3 is 2.75 bits per heavy atom. The molecule has 0 radical (unpaired) electrons. The first-order chi connectivity index (χ1) is 7.81. The molecule has 0 aliphatic rings. The number of methoxy groups -OCH3 is 1. The van der Waals surface area contributed by atoms with Crippen LogP contribution < -0.4 is 4.74 Å². The van der Waals surface area contributed by atoms with Gasteiger partial charge in [-0.05, 0) is 12.5 Å². The summed E-state index contributed by atoms with van der Waals surface area (Å²) in [4.78, 5) is 4.37. The molecule has 0 saturated carbocycles.